The second-order valence-corrected chi connectivity index (χ2v) is 8.52. The summed E-state index contributed by atoms with van der Waals surface area (Å²) in [7, 11) is -1.64. The Hall–Kier alpha value is -2.16. The number of nitrogens with two attached hydrogens (primary N) is 1. The number of nitrogens with zero attached hydrogens (tertiary/aromatic N) is 2. The molecule has 1 aromatic carbocycles. The van der Waals surface area contributed by atoms with E-state index in [9.17, 15) is 13.2 Å². The lowest BCUT2D eigenvalue weighted by molar-refractivity contribution is -0.122. The number of aromatic nitrogens is 1. The minimum Gasteiger partial charge on any atom is -0.355 e. The van der Waals surface area contributed by atoms with Crippen LogP contribution in [0.5, 0.6) is 0 Å². The standard InChI is InChI=1S/C19H26N4O3S/c1-22-12-2-4-17(22)18-5-3-13-23(18)14-19(24)21-11-10-15-6-8-16(9-7-15)27(20,25)26/h2,4,6-9,12,18H,3,5,10-11,13-14H2,1H3,(H,21,24)(H2,20,25,26)/t18-/m1/s1. The zero-order valence-corrected chi connectivity index (χ0v) is 16.3. The third kappa shape index (κ3) is 4.97. The van der Waals surface area contributed by atoms with Crippen LogP contribution >= 0.6 is 0 Å². The predicted octanol–water partition coefficient (Wildman–Crippen LogP) is 1.17. The largest absolute Gasteiger partial charge is 0.355 e. The predicted molar refractivity (Wildman–Crippen MR) is 103 cm³/mol. The van der Waals surface area contributed by atoms with Crippen molar-refractivity contribution in [2.45, 2.75) is 30.2 Å². The summed E-state index contributed by atoms with van der Waals surface area (Å²) in [5, 5.41) is 8.04. The first-order valence-corrected chi connectivity index (χ1v) is 10.6. The molecule has 1 atom stereocenters. The first-order chi connectivity index (χ1) is 12.8. The van der Waals surface area contributed by atoms with Crippen LogP contribution in [0, 0.1) is 0 Å². The summed E-state index contributed by atoms with van der Waals surface area (Å²) in [4.78, 5) is 14.6. The maximum absolute atomic E-state index is 12.3. The molecule has 0 aliphatic carbocycles. The number of carbonyl (C=O) groups excluding carboxylic acids is 1. The van der Waals surface area contributed by atoms with Gasteiger partial charge < -0.3 is 9.88 Å². The van der Waals surface area contributed by atoms with E-state index >= 15 is 0 Å². The SMILES string of the molecule is Cn1cccc1[C@H]1CCCN1CC(=O)NCCc1ccc(S(N)(=O)=O)cc1. The molecular formula is C19H26N4O3S. The van der Waals surface area contributed by atoms with Crippen LogP contribution in [0.3, 0.4) is 0 Å². The molecule has 3 N–H and O–H groups in total. The maximum atomic E-state index is 12.3. The zero-order chi connectivity index (χ0) is 19.4. The van der Waals surface area contributed by atoms with Gasteiger partial charge in [0.2, 0.25) is 15.9 Å². The average molecular weight is 391 g/mol. The van der Waals surface area contributed by atoms with Crippen molar-refractivity contribution in [1.29, 1.82) is 0 Å². The van der Waals surface area contributed by atoms with Gasteiger partial charge in [0, 0.05) is 25.5 Å². The van der Waals surface area contributed by atoms with Crippen LogP contribution in [0.25, 0.3) is 0 Å². The van der Waals surface area contributed by atoms with Gasteiger partial charge in [0.15, 0.2) is 0 Å². The second-order valence-electron chi connectivity index (χ2n) is 6.96. The monoisotopic (exact) mass is 390 g/mol. The number of hydrogen-bond acceptors (Lipinski definition) is 4. The fourth-order valence-electron chi connectivity index (χ4n) is 3.60. The highest BCUT2D eigenvalue weighted by molar-refractivity contribution is 7.89. The quantitative estimate of drug-likeness (QED) is 0.741. The van der Waals surface area contributed by atoms with Crippen LogP contribution in [-0.2, 0) is 28.3 Å². The molecule has 0 bridgehead atoms. The molecule has 1 fully saturated rings. The van der Waals surface area contributed by atoms with Gasteiger partial charge in [-0.15, -0.1) is 0 Å². The fourth-order valence-corrected chi connectivity index (χ4v) is 4.12. The van der Waals surface area contributed by atoms with Crippen molar-refractivity contribution in [2.24, 2.45) is 12.2 Å². The molecule has 1 saturated heterocycles. The number of likely N-dealkylation sites (tertiary alicyclic amines) is 1. The number of hydrogen-bond donors (Lipinski definition) is 2. The van der Waals surface area contributed by atoms with E-state index in [1.54, 1.807) is 12.1 Å². The van der Waals surface area contributed by atoms with Crippen LogP contribution in [0.4, 0.5) is 0 Å². The molecule has 2 aromatic rings. The maximum Gasteiger partial charge on any atom is 0.238 e. The van der Waals surface area contributed by atoms with Gasteiger partial charge in [0.1, 0.15) is 0 Å². The Balaban J connectivity index is 1.48. The van der Waals surface area contributed by atoms with Crippen molar-refractivity contribution in [3.63, 3.8) is 0 Å². The summed E-state index contributed by atoms with van der Waals surface area (Å²) in [5.41, 5.74) is 2.20. The van der Waals surface area contributed by atoms with Crippen LogP contribution in [0.1, 0.15) is 30.1 Å². The van der Waals surface area contributed by atoms with Crippen LogP contribution in [0.15, 0.2) is 47.5 Å². The van der Waals surface area contributed by atoms with Gasteiger partial charge in [-0.3, -0.25) is 9.69 Å². The summed E-state index contributed by atoms with van der Waals surface area (Å²) in [6.45, 7) is 1.83. The lowest BCUT2D eigenvalue weighted by atomic mass is 10.1. The van der Waals surface area contributed by atoms with Crippen molar-refractivity contribution < 1.29 is 13.2 Å². The number of benzene rings is 1. The molecule has 1 amide bonds. The first-order valence-electron chi connectivity index (χ1n) is 9.08. The van der Waals surface area contributed by atoms with Crippen LogP contribution in [-0.4, -0.2) is 43.4 Å². The van der Waals surface area contributed by atoms with E-state index < -0.39 is 10.0 Å². The van der Waals surface area contributed by atoms with Gasteiger partial charge in [-0.1, -0.05) is 12.1 Å². The second kappa shape index (κ2) is 8.24. The normalized spacial score (nSPS) is 17.9. The van der Waals surface area contributed by atoms with Gasteiger partial charge >= 0.3 is 0 Å². The summed E-state index contributed by atoms with van der Waals surface area (Å²) >= 11 is 0. The molecule has 8 heteroatoms. The summed E-state index contributed by atoms with van der Waals surface area (Å²) in [5.74, 6) is 0.0114. The van der Waals surface area contributed by atoms with Crippen molar-refractivity contribution >= 4 is 15.9 Å². The third-order valence-electron chi connectivity index (χ3n) is 5.02. The molecule has 1 aliphatic heterocycles. The number of rotatable bonds is 7. The van der Waals surface area contributed by atoms with Gasteiger partial charge in [0.05, 0.1) is 17.5 Å². The molecular weight excluding hydrogens is 364 g/mol. The third-order valence-corrected chi connectivity index (χ3v) is 5.95. The fraction of sp³-hybridized carbons (Fsp3) is 0.421. The zero-order valence-electron chi connectivity index (χ0n) is 15.5. The first kappa shape index (κ1) is 19.6. The van der Waals surface area contributed by atoms with E-state index in [0.29, 0.717) is 25.6 Å². The number of sulfonamides is 1. The summed E-state index contributed by atoms with van der Waals surface area (Å²) < 4.78 is 24.6. The number of nitrogens with one attached hydrogen (secondary N) is 1. The molecule has 7 nitrogen and oxygen atoms in total. The summed E-state index contributed by atoms with van der Waals surface area (Å²) in [6, 6.07) is 10.9. The lowest BCUT2D eigenvalue weighted by Crippen LogP contribution is -2.38. The Bertz CT molecular complexity index is 890. The van der Waals surface area contributed by atoms with Crippen LogP contribution in [0.2, 0.25) is 0 Å². The lowest BCUT2D eigenvalue weighted by Gasteiger charge is -2.24. The Morgan fingerprint density at radius 1 is 1.26 bits per heavy atom. The summed E-state index contributed by atoms with van der Waals surface area (Å²) in [6.07, 6.45) is 4.84. The minimum absolute atomic E-state index is 0.0114. The van der Waals surface area contributed by atoms with E-state index in [1.807, 2.05) is 19.3 Å². The van der Waals surface area contributed by atoms with Crippen molar-refractivity contribution in [3.8, 4) is 0 Å². The average Bonchev–Trinajstić information content (AvgIpc) is 3.23. The molecule has 2 heterocycles. The highest BCUT2D eigenvalue weighted by atomic mass is 32.2. The van der Waals surface area contributed by atoms with Crippen molar-refractivity contribution in [3.05, 3.63) is 53.9 Å². The van der Waals surface area contributed by atoms with Gasteiger partial charge in [-0.25, -0.2) is 13.6 Å². The van der Waals surface area contributed by atoms with Gasteiger partial charge in [0.25, 0.3) is 0 Å². The Labute approximate surface area is 160 Å². The Morgan fingerprint density at radius 3 is 2.63 bits per heavy atom. The minimum atomic E-state index is -3.67. The van der Waals surface area contributed by atoms with E-state index in [2.05, 4.69) is 20.9 Å². The van der Waals surface area contributed by atoms with Crippen molar-refractivity contribution in [1.82, 2.24) is 14.8 Å². The Morgan fingerprint density at radius 2 is 2.00 bits per heavy atom. The molecule has 0 saturated carbocycles. The van der Waals surface area contributed by atoms with Crippen LogP contribution < -0.4 is 10.5 Å². The number of amides is 1. The molecule has 0 radical (unpaired) electrons. The van der Waals surface area contributed by atoms with E-state index in [0.717, 1.165) is 24.9 Å². The highest BCUT2D eigenvalue weighted by Gasteiger charge is 2.28. The number of carbonyl (C=O) groups is 1. The number of primary sulfonamides is 1. The molecule has 3 rings (SSSR count). The molecule has 0 spiro atoms. The van der Waals surface area contributed by atoms with E-state index in [1.165, 1.54) is 17.8 Å². The highest BCUT2D eigenvalue weighted by Crippen LogP contribution is 2.31. The van der Waals surface area contributed by atoms with Gasteiger partial charge in [-0.05, 0) is 55.6 Å². The van der Waals surface area contributed by atoms with E-state index in [-0.39, 0.29) is 10.8 Å². The molecule has 0 unspecified atom stereocenters. The topological polar surface area (TPSA) is 97.4 Å². The van der Waals surface area contributed by atoms with Gasteiger partial charge in [-0.2, -0.15) is 0 Å². The van der Waals surface area contributed by atoms with Crippen molar-refractivity contribution in [2.75, 3.05) is 19.6 Å². The molecule has 146 valence electrons. The molecule has 1 aliphatic rings. The number of aryl methyl sites for hydroxylation is 1. The molecule has 27 heavy (non-hydrogen) atoms. The Kier molecular flexibility index (Phi) is 5.98. The smallest absolute Gasteiger partial charge is 0.238 e. The van der Waals surface area contributed by atoms with E-state index in [4.69, 9.17) is 5.14 Å². The molecule has 1 aromatic heterocycles.